The smallest absolute Gasteiger partial charge is 0.340 e. The number of fused-ring (bicyclic) bond motifs is 2. The van der Waals surface area contributed by atoms with Gasteiger partial charge >= 0.3 is 11.9 Å². The van der Waals surface area contributed by atoms with E-state index < -0.39 is 11.9 Å². The molecular weight excluding hydrogens is 416 g/mol. The number of carbonyl (C=O) groups excluding carboxylic acids is 2. The predicted molar refractivity (Wildman–Crippen MR) is 130 cm³/mol. The fraction of sp³-hybridized carbons (Fsp3) is 0.185. The van der Waals surface area contributed by atoms with Crippen LogP contribution in [0.1, 0.15) is 45.7 Å². The van der Waals surface area contributed by atoms with Crippen molar-refractivity contribution in [2.75, 3.05) is 24.7 Å². The summed E-state index contributed by atoms with van der Waals surface area (Å²) in [7, 11) is 0. The third-order valence-electron chi connectivity index (χ3n) is 5.77. The van der Waals surface area contributed by atoms with Gasteiger partial charge in [-0.2, -0.15) is 0 Å². The third-order valence-corrected chi connectivity index (χ3v) is 5.77. The lowest BCUT2D eigenvalue weighted by molar-refractivity contribution is 0.0519. The van der Waals surface area contributed by atoms with Crippen LogP contribution in [-0.4, -0.2) is 25.2 Å². The number of hydrogen-bond acceptors (Lipinski definition) is 6. The van der Waals surface area contributed by atoms with Crippen molar-refractivity contribution in [2.45, 2.75) is 20.3 Å². The van der Waals surface area contributed by atoms with Crippen LogP contribution < -0.4 is 11.5 Å². The SMILES string of the molecule is CCOC(=O)c1c2cccccc-2c(Cc2c3cccccc-3c(C(=O)OCC)c2N)c1N. The molecule has 4 aliphatic rings. The summed E-state index contributed by atoms with van der Waals surface area (Å²) in [4.78, 5) is 25.5. The van der Waals surface area contributed by atoms with E-state index in [1.165, 1.54) is 0 Å². The summed E-state index contributed by atoms with van der Waals surface area (Å²) in [5, 5.41) is 0. The van der Waals surface area contributed by atoms with Crippen LogP contribution in [0.2, 0.25) is 0 Å². The van der Waals surface area contributed by atoms with Crippen molar-refractivity contribution in [3.63, 3.8) is 0 Å². The lowest BCUT2D eigenvalue weighted by atomic mass is 9.99. The topological polar surface area (TPSA) is 105 Å². The Hall–Kier alpha value is -4.06. The van der Waals surface area contributed by atoms with E-state index in [-0.39, 0.29) is 13.2 Å². The van der Waals surface area contributed by atoms with Crippen LogP contribution >= 0.6 is 0 Å². The molecule has 0 spiro atoms. The molecule has 4 N–H and O–H groups in total. The lowest BCUT2D eigenvalue weighted by Gasteiger charge is -2.07. The number of ether oxygens (including phenoxy) is 2. The van der Waals surface area contributed by atoms with Crippen molar-refractivity contribution < 1.29 is 19.1 Å². The van der Waals surface area contributed by atoms with Crippen molar-refractivity contribution in [3.05, 3.63) is 82.9 Å². The Morgan fingerprint density at radius 2 is 1.00 bits per heavy atom. The van der Waals surface area contributed by atoms with Gasteiger partial charge in [-0.05, 0) is 47.2 Å². The number of esters is 2. The van der Waals surface area contributed by atoms with E-state index in [1.807, 2.05) is 60.7 Å². The van der Waals surface area contributed by atoms with Crippen LogP contribution in [0.4, 0.5) is 11.4 Å². The van der Waals surface area contributed by atoms with Gasteiger partial charge in [0.1, 0.15) is 0 Å². The minimum absolute atomic E-state index is 0.249. The summed E-state index contributed by atoms with van der Waals surface area (Å²) in [6, 6.07) is 18.9. The average Bonchev–Trinajstić information content (AvgIpc) is 3.01. The number of hydrogen-bond donors (Lipinski definition) is 2. The van der Waals surface area contributed by atoms with Gasteiger partial charge in [0.25, 0.3) is 0 Å². The summed E-state index contributed by atoms with van der Waals surface area (Å²) in [6.45, 7) is 4.01. The molecule has 168 valence electrons. The van der Waals surface area contributed by atoms with Crippen molar-refractivity contribution in [3.8, 4) is 22.3 Å². The lowest BCUT2D eigenvalue weighted by Crippen LogP contribution is -2.08. The van der Waals surface area contributed by atoms with Gasteiger partial charge in [-0.3, -0.25) is 0 Å². The second kappa shape index (κ2) is 9.20. The van der Waals surface area contributed by atoms with Crippen molar-refractivity contribution in [1.82, 2.24) is 0 Å². The van der Waals surface area contributed by atoms with E-state index in [0.29, 0.717) is 28.9 Å². The molecule has 4 aliphatic carbocycles. The molecule has 0 unspecified atom stereocenters. The highest BCUT2D eigenvalue weighted by Gasteiger charge is 2.30. The second-order valence-electron chi connectivity index (χ2n) is 7.63. The summed E-state index contributed by atoms with van der Waals surface area (Å²) in [5.41, 5.74) is 19.2. The zero-order valence-corrected chi connectivity index (χ0v) is 18.7. The highest BCUT2D eigenvalue weighted by molar-refractivity contribution is 6.09. The van der Waals surface area contributed by atoms with Crippen LogP contribution in [0.25, 0.3) is 22.3 Å². The molecule has 4 rings (SSSR count). The number of rotatable bonds is 6. The minimum atomic E-state index is -0.462. The maximum atomic E-state index is 12.7. The molecule has 0 aromatic rings. The Bertz CT molecular complexity index is 1180. The molecule has 0 saturated carbocycles. The summed E-state index contributed by atoms with van der Waals surface area (Å²) < 4.78 is 10.6. The molecule has 33 heavy (non-hydrogen) atoms. The van der Waals surface area contributed by atoms with Gasteiger partial charge in [-0.25, -0.2) is 9.59 Å². The summed E-state index contributed by atoms with van der Waals surface area (Å²) in [6.07, 6.45) is 0.345. The molecular formula is C27H26N2O4. The second-order valence-corrected chi connectivity index (χ2v) is 7.63. The van der Waals surface area contributed by atoms with Crippen molar-refractivity contribution in [2.24, 2.45) is 0 Å². The van der Waals surface area contributed by atoms with E-state index >= 15 is 0 Å². The molecule has 0 saturated heterocycles. The van der Waals surface area contributed by atoms with Crippen molar-refractivity contribution in [1.29, 1.82) is 0 Å². The molecule has 0 atom stereocenters. The maximum absolute atomic E-state index is 12.7. The first-order valence-electron chi connectivity index (χ1n) is 10.9. The van der Waals surface area contributed by atoms with E-state index in [4.69, 9.17) is 20.9 Å². The molecule has 0 amide bonds. The van der Waals surface area contributed by atoms with E-state index in [2.05, 4.69) is 0 Å². The molecule has 0 aliphatic heterocycles. The highest BCUT2D eigenvalue weighted by atomic mass is 16.5. The van der Waals surface area contributed by atoms with Crippen LogP contribution in [-0.2, 0) is 15.9 Å². The first kappa shape index (κ1) is 22.1. The predicted octanol–water partition coefficient (Wildman–Crippen LogP) is 5.00. The van der Waals surface area contributed by atoms with Crippen LogP contribution in [0.5, 0.6) is 0 Å². The van der Waals surface area contributed by atoms with E-state index in [0.717, 1.165) is 33.4 Å². The molecule has 0 radical (unpaired) electrons. The zero-order valence-electron chi connectivity index (χ0n) is 18.7. The van der Waals surface area contributed by atoms with Gasteiger partial charge in [0, 0.05) is 6.42 Å². The fourth-order valence-corrected chi connectivity index (χ4v) is 4.34. The Labute approximate surface area is 192 Å². The average molecular weight is 443 g/mol. The van der Waals surface area contributed by atoms with Crippen LogP contribution in [0.3, 0.4) is 0 Å². The van der Waals surface area contributed by atoms with Gasteiger partial charge in [0.2, 0.25) is 0 Å². The molecule has 0 fully saturated rings. The van der Waals surface area contributed by atoms with Gasteiger partial charge in [0.15, 0.2) is 0 Å². The summed E-state index contributed by atoms with van der Waals surface area (Å²) >= 11 is 0. The van der Waals surface area contributed by atoms with Crippen molar-refractivity contribution >= 4 is 23.3 Å². The number of anilines is 2. The first-order valence-corrected chi connectivity index (χ1v) is 10.9. The van der Waals surface area contributed by atoms with E-state index in [1.54, 1.807) is 13.8 Å². The highest BCUT2D eigenvalue weighted by Crippen LogP contribution is 2.45. The molecule has 0 aromatic carbocycles. The number of nitrogens with two attached hydrogens (primary N) is 2. The molecule has 6 nitrogen and oxygen atoms in total. The summed E-state index contributed by atoms with van der Waals surface area (Å²) in [5.74, 6) is -0.923. The maximum Gasteiger partial charge on any atom is 0.340 e. The Kier molecular flexibility index (Phi) is 6.18. The van der Waals surface area contributed by atoms with Gasteiger partial charge in [-0.15, -0.1) is 0 Å². The largest absolute Gasteiger partial charge is 0.462 e. The monoisotopic (exact) mass is 442 g/mol. The van der Waals surface area contributed by atoms with Gasteiger partial charge in [0.05, 0.1) is 35.7 Å². The zero-order chi connectivity index (χ0) is 23.5. The van der Waals surface area contributed by atoms with Crippen LogP contribution in [0.15, 0.2) is 60.7 Å². The Morgan fingerprint density at radius 3 is 1.36 bits per heavy atom. The van der Waals surface area contributed by atoms with Gasteiger partial charge in [-0.1, -0.05) is 60.7 Å². The molecule has 0 heterocycles. The van der Waals surface area contributed by atoms with Gasteiger partial charge < -0.3 is 20.9 Å². The molecule has 0 bridgehead atoms. The third kappa shape index (κ3) is 3.84. The standard InChI is InChI=1S/C27H26N2O4/c1-3-32-26(30)22-18-13-9-5-7-11-16(18)20(24(22)28)15-21-17-12-8-6-10-14-19(17)23(25(21)29)27(31)33-4-2/h5-14H,3-4,15,28-29H2,1-2H3. The molecule has 0 aromatic heterocycles. The molecule has 6 heteroatoms. The minimum Gasteiger partial charge on any atom is -0.462 e. The number of carbonyl (C=O) groups is 2. The quantitative estimate of drug-likeness (QED) is 0.407. The van der Waals surface area contributed by atoms with E-state index in [9.17, 15) is 9.59 Å². The Balaban J connectivity index is 1.93. The normalized spacial score (nSPS) is 11.0. The first-order chi connectivity index (χ1) is 16.0. The number of nitrogen functional groups attached to an aromatic ring is 2. The Morgan fingerprint density at radius 1 is 0.636 bits per heavy atom. The van der Waals surface area contributed by atoms with Crippen LogP contribution in [0, 0.1) is 0 Å². The fourth-order valence-electron chi connectivity index (χ4n) is 4.34.